The van der Waals surface area contributed by atoms with Crippen molar-refractivity contribution in [3.8, 4) is 0 Å². The predicted octanol–water partition coefficient (Wildman–Crippen LogP) is 2.25. The Labute approximate surface area is 111 Å². The highest BCUT2D eigenvalue weighted by Gasteiger charge is 2.27. The smallest absolute Gasteiger partial charge is 0.346 e. The Morgan fingerprint density at radius 2 is 2.16 bits per heavy atom. The van der Waals surface area contributed by atoms with E-state index in [2.05, 4.69) is 25.2 Å². The van der Waals surface area contributed by atoms with Gasteiger partial charge >= 0.3 is 6.18 Å². The molecule has 2 atom stereocenters. The highest BCUT2D eigenvalue weighted by Crippen LogP contribution is 2.29. The number of halogens is 3. The van der Waals surface area contributed by atoms with Crippen LogP contribution in [-0.2, 0) is 4.79 Å². The van der Waals surface area contributed by atoms with Gasteiger partial charge in [0.2, 0.25) is 5.91 Å². The van der Waals surface area contributed by atoms with Crippen molar-refractivity contribution in [2.24, 2.45) is 11.8 Å². The third-order valence-electron chi connectivity index (χ3n) is 3.50. The van der Waals surface area contributed by atoms with E-state index >= 15 is 0 Å². The Bertz CT molecular complexity index is 339. The van der Waals surface area contributed by atoms with Crippen LogP contribution in [0.4, 0.5) is 13.2 Å². The van der Waals surface area contributed by atoms with Crippen LogP contribution in [0, 0.1) is 11.8 Å². The summed E-state index contributed by atoms with van der Waals surface area (Å²) in [6.07, 6.45) is 0.0302. The minimum Gasteiger partial charge on any atom is -0.346 e. The molecular weight excluding hydrogens is 257 g/mol. The number of rotatable bonds is 5. The van der Waals surface area contributed by atoms with Gasteiger partial charge in [-0.15, -0.1) is 0 Å². The van der Waals surface area contributed by atoms with Crippen LogP contribution in [0.15, 0.2) is 11.6 Å². The predicted molar refractivity (Wildman–Crippen MR) is 67.6 cm³/mol. The standard InChI is InChI=1S/C13H21F3N2O/c1-9-4-3-5-10(2)11(9)6-17-7-12(19)18-8-13(14,15)16/h4,10-11,17H,3,5-8H2,1-2H3,(H,18,19)/t10-,11+/m1/s1. The van der Waals surface area contributed by atoms with Crippen LogP contribution in [0.5, 0.6) is 0 Å². The Morgan fingerprint density at radius 1 is 1.47 bits per heavy atom. The van der Waals surface area contributed by atoms with E-state index in [0.717, 1.165) is 12.8 Å². The Morgan fingerprint density at radius 3 is 2.74 bits per heavy atom. The number of hydrogen-bond acceptors (Lipinski definition) is 2. The quantitative estimate of drug-likeness (QED) is 0.757. The number of carbonyl (C=O) groups is 1. The molecule has 1 aliphatic carbocycles. The van der Waals surface area contributed by atoms with Crippen molar-refractivity contribution in [2.45, 2.75) is 32.9 Å². The molecule has 0 heterocycles. The van der Waals surface area contributed by atoms with Gasteiger partial charge in [-0.3, -0.25) is 4.79 Å². The number of carbonyl (C=O) groups excluding carboxylic acids is 1. The van der Waals surface area contributed by atoms with E-state index in [0.29, 0.717) is 18.4 Å². The summed E-state index contributed by atoms with van der Waals surface area (Å²) in [5.41, 5.74) is 1.29. The third kappa shape index (κ3) is 6.09. The summed E-state index contributed by atoms with van der Waals surface area (Å²) in [7, 11) is 0. The fraction of sp³-hybridized carbons (Fsp3) is 0.769. The molecule has 1 rings (SSSR count). The molecule has 0 unspecified atom stereocenters. The molecule has 0 radical (unpaired) electrons. The van der Waals surface area contributed by atoms with Gasteiger partial charge < -0.3 is 10.6 Å². The lowest BCUT2D eigenvalue weighted by Gasteiger charge is -2.28. The van der Waals surface area contributed by atoms with Crippen LogP contribution in [0.2, 0.25) is 0 Å². The highest BCUT2D eigenvalue weighted by atomic mass is 19.4. The first-order chi connectivity index (χ1) is 8.79. The van der Waals surface area contributed by atoms with E-state index < -0.39 is 18.6 Å². The molecule has 0 aromatic carbocycles. The van der Waals surface area contributed by atoms with Gasteiger partial charge in [0, 0.05) is 6.54 Å². The van der Waals surface area contributed by atoms with Gasteiger partial charge in [0.1, 0.15) is 6.54 Å². The van der Waals surface area contributed by atoms with Crippen LogP contribution in [0.25, 0.3) is 0 Å². The Kier molecular flexibility index (Phi) is 5.85. The van der Waals surface area contributed by atoms with Gasteiger partial charge in [-0.05, 0) is 31.6 Å². The maximum absolute atomic E-state index is 11.9. The average molecular weight is 278 g/mol. The maximum atomic E-state index is 11.9. The van der Waals surface area contributed by atoms with E-state index in [9.17, 15) is 18.0 Å². The summed E-state index contributed by atoms with van der Waals surface area (Å²) in [6, 6.07) is 0. The van der Waals surface area contributed by atoms with Crippen molar-refractivity contribution in [3.05, 3.63) is 11.6 Å². The number of hydrogen-bond donors (Lipinski definition) is 2. The van der Waals surface area contributed by atoms with Crippen LogP contribution in [0.1, 0.15) is 26.7 Å². The van der Waals surface area contributed by atoms with Crippen molar-refractivity contribution in [2.75, 3.05) is 19.6 Å². The molecular formula is C13H21F3N2O. The van der Waals surface area contributed by atoms with E-state index in [1.807, 2.05) is 5.32 Å². The first-order valence-electron chi connectivity index (χ1n) is 6.50. The molecule has 0 bridgehead atoms. The molecule has 0 aromatic rings. The molecule has 0 saturated carbocycles. The Balaban J connectivity index is 2.24. The Hall–Kier alpha value is -1.04. The van der Waals surface area contributed by atoms with E-state index in [-0.39, 0.29) is 6.54 Å². The lowest BCUT2D eigenvalue weighted by Crippen LogP contribution is -2.41. The van der Waals surface area contributed by atoms with Gasteiger partial charge in [-0.2, -0.15) is 13.2 Å². The van der Waals surface area contributed by atoms with E-state index in [1.54, 1.807) is 0 Å². The molecule has 3 nitrogen and oxygen atoms in total. The number of amides is 1. The summed E-state index contributed by atoms with van der Waals surface area (Å²) >= 11 is 0. The van der Waals surface area contributed by atoms with Gasteiger partial charge in [0.25, 0.3) is 0 Å². The fourth-order valence-corrected chi connectivity index (χ4v) is 2.34. The number of alkyl halides is 3. The van der Waals surface area contributed by atoms with E-state index in [1.165, 1.54) is 5.57 Å². The van der Waals surface area contributed by atoms with Crippen LogP contribution in [-0.4, -0.2) is 31.7 Å². The summed E-state index contributed by atoms with van der Waals surface area (Å²) in [5, 5.41) is 4.77. The van der Waals surface area contributed by atoms with Crippen molar-refractivity contribution >= 4 is 5.91 Å². The monoisotopic (exact) mass is 278 g/mol. The topological polar surface area (TPSA) is 41.1 Å². The largest absolute Gasteiger partial charge is 0.405 e. The minimum absolute atomic E-state index is 0.0768. The molecule has 0 aromatic heterocycles. The normalized spacial score (nSPS) is 23.9. The van der Waals surface area contributed by atoms with Crippen LogP contribution in [0.3, 0.4) is 0 Å². The fourth-order valence-electron chi connectivity index (χ4n) is 2.34. The molecule has 0 aliphatic heterocycles. The zero-order valence-corrected chi connectivity index (χ0v) is 11.3. The molecule has 1 amide bonds. The maximum Gasteiger partial charge on any atom is 0.405 e. The highest BCUT2D eigenvalue weighted by molar-refractivity contribution is 5.78. The van der Waals surface area contributed by atoms with Gasteiger partial charge in [0.05, 0.1) is 6.54 Å². The van der Waals surface area contributed by atoms with Crippen LogP contribution < -0.4 is 10.6 Å². The minimum atomic E-state index is -4.35. The zero-order valence-electron chi connectivity index (χ0n) is 11.3. The van der Waals surface area contributed by atoms with Gasteiger partial charge in [-0.1, -0.05) is 18.6 Å². The lowest BCUT2D eigenvalue weighted by molar-refractivity contribution is -0.137. The third-order valence-corrected chi connectivity index (χ3v) is 3.50. The second kappa shape index (κ2) is 6.93. The van der Waals surface area contributed by atoms with Crippen molar-refractivity contribution < 1.29 is 18.0 Å². The van der Waals surface area contributed by atoms with Crippen molar-refractivity contribution in [3.63, 3.8) is 0 Å². The molecule has 6 heteroatoms. The summed E-state index contributed by atoms with van der Waals surface area (Å²) < 4.78 is 35.7. The summed E-state index contributed by atoms with van der Waals surface area (Å²) in [6.45, 7) is 3.50. The lowest BCUT2D eigenvalue weighted by atomic mass is 9.80. The first-order valence-corrected chi connectivity index (χ1v) is 6.50. The van der Waals surface area contributed by atoms with Gasteiger partial charge in [-0.25, -0.2) is 0 Å². The molecule has 1 aliphatic rings. The molecule has 110 valence electrons. The molecule has 19 heavy (non-hydrogen) atoms. The molecule has 0 fully saturated rings. The first kappa shape index (κ1) is 16.0. The summed E-state index contributed by atoms with van der Waals surface area (Å²) in [5.74, 6) is 0.280. The number of nitrogens with one attached hydrogen (secondary N) is 2. The molecule has 0 saturated heterocycles. The number of allylic oxidation sites excluding steroid dienone is 1. The van der Waals surface area contributed by atoms with Gasteiger partial charge in [0.15, 0.2) is 0 Å². The molecule has 0 spiro atoms. The van der Waals surface area contributed by atoms with Crippen LogP contribution >= 0.6 is 0 Å². The second-order valence-electron chi connectivity index (χ2n) is 5.13. The molecule has 2 N–H and O–H groups in total. The van der Waals surface area contributed by atoms with Crippen molar-refractivity contribution in [1.82, 2.24) is 10.6 Å². The SMILES string of the molecule is CC1=CCC[C@@H](C)[C@H]1CNCC(=O)NCC(F)(F)F. The zero-order chi connectivity index (χ0) is 14.5. The average Bonchev–Trinajstić information content (AvgIpc) is 2.29. The second-order valence-corrected chi connectivity index (χ2v) is 5.13. The van der Waals surface area contributed by atoms with E-state index in [4.69, 9.17) is 0 Å². The summed E-state index contributed by atoms with van der Waals surface area (Å²) in [4.78, 5) is 11.2. The van der Waals surface area contributed by atoms with Crippen molar-refractivity contribution in [1.29, 1.82) is 0 Å².